The van der Waals surface area contributed by atoms with Crippen molar-refractivity contribution in [2.24, 2.45) is 5.14 Å². The van der Waals surface area contributed by atoms with Crippen molar-refractivity contribution in [1.82, 2.24) is 4.90 Å². The molecule has 100 valence electrons. The van der Waals surface area contributed by atoms with Gasteiger partial charge in [-0.25, -0.2) is 17.9 Å². The molecule has 1 aromatic rings. The third-order valence-electron chi connectivity index (χ3n) is 2.81. The van der Waals surface area contributed by atoms with E-state index in [1.165, 1.54) is 6.07 Å². The molecule has 1 aliphatic heterocycles. The number of morpholine rings is 1. The number of nitrogens with zero attached hydrogens (tertiary/aromatic N) is 1. The maximum Gasteiger partial charge on any atom is 0.240 e. The van der Waals surface area contributed by atoms with Gasteiger partial charge in [0.1, 0.15) is 10.7 Å². The highest BCUT2D eigenvalue weighted by Gasteiger charge is 2.16. The Kier molecular flexibility index (Phi) is 3.96. The van der Waals surface area contributed by atoms with Crippen molar-refractivity contribution in [1.29, 1.82) is 0 Å². The summed E-state index contributed by atoms with van der Waals surface area (Å²) >= 11 is 0. The van der Waals surface area contributed by atoms with Crippen LogP contribution in [0.3, 0.4) is 0 Å². The van der Waals surface area contributed by atoms with Crippen molar-refractivity contribution < 1.29 is 17.5 Å². The van der Waals surface area contributed by atoms with Crippen LogP contribution in [0, 0.1) is 5.82 Å². The van der Waals surface area contributed by atoms with Crippen LogP contribution in [0.4, 0.5) is 4.39 Å². The fraction of sp³-hybridized carbons (Fsp3) is 0.455. The molecule has 0 bridgehead atoms. The minimum absolute atomic E-state index is 0.451. The number of primary sulfonamides is 1. The van der Waals surface area contributed by atoms with Gasteiger partial charge in [-0.3, -0.25) is 4.90 Å². The molecule has 1 fully saturated rings. The van der Waals surface area contributed by atoms with E-state index in [0.717, 1.165) is 24.7 Å². The largest absolute Gasteiger partial charge is 0.379 e. The summed E-state index contributed by atoms with van der Waals surface area (Å²) in [6.45, 7) is 3.43. The van der Waals surface area contributed by atoms with Gasteiger partial charge < -0.3 is 4.74 Å². The quantitative estimate of drug-likeness (QED) is 0.860. The number of ether oxygens (including phenoxy) is 1. The molecule has 0 atom stereocenters. The average molecular weight is 274 g/mol. The first-order valence-electron chi connectivity index (χ1n) is 5.58. The van der Waals surface area contributed by atoms with Crippen LogP contribution in [0.2, 0.25) is 0 Å². The molecule has 0 unspecified atom stereocenters. The zero-order valence-electron chi connectivity index (χ0n) is 9.80. The molecule has 1 aromatic carbocycles. The third-order valence-corrected chi connectivity index (χ3v) is 3.74. The summed E-state index contributed by atoms with van der Waals surface area (Å²) in [5, 5.41) is 4.96. The maximum atomic E-state index is 13.4. The predicted molar refractivity (Wildman–Crippen MR) is 63.9 cm³/mol. The highest BCUT2D eigenvalue weighted by molar-refractivity contribution is 7.89. The van der Waals surface area contributed by atoms with E-state index in [2.05, 4.69) is 4.90 Å². The van der Waals surface area contributed by atoms with Crippen molar-refractivity contribution in [3.05, 3.63) is 29.6 Å². The van der Waals surface area contributed by atoms with Gasteiger partial charge in [-0.15, -0.1) is 0 Å². The van der Waals surface area contributed by atoms with Gasteiger partial charge in [-0.2, -0.15) is 0 Å². The number of rotatable bonds is 3. The Labute approximate surface area is 105 Å². The minimum Gasteiger partial charge on any atom is -0.379 e. The van der Waals surface area contributed by atoms with Gasteiger partial charge in [0, 0.05) is 19.6 Å². The SMILES string of the molecule is NS(=O)(=O)c1cc(CN2CCOCC2)ccc1F. The van der Waals surface area contributed by atoms with Crippen LogP contribution in [0.15, 0.2) is 23.1 Å². The predicted octanol–water partition coefficient (Wildman–Crippen LogP) is 0.305. The van der Waals surface area contributed by atoms with Crippen LogP contribution >= 0.6 is 0 Å². The van der Waals surface area contributed by atoms with Gasteiger partial charge in [0.05, 0.1) is 13.2 Å². The molecule has 0 spiro atoms. The summed E-state index contributed by atoms with van der Waals surface area (Å²) in [6, 6.07) is 4.00. The van der Waals surface area contributed by atoms with E-state index < -0.39 is 20.7 Å². The second-order valence-electron chi connectivity index (χ2n) is 4.20. The molecule has 18 heavy (non-hydrogen) atoms. The average Bonchev–Trinajstić information content (AvgIpc) is 2.31. The number of hydrogen-bond acceptors (Lipinski definition) is 4. The van der Waals surface area contributed by atoms with Crippen molar-refractivity contribution in [3.8, 4) is 0 Å². The molecule has 1 aliphatic rings. The summed E-state index contributed by atoms with van der Waals surface area (Å²) in [5.74, 6) is -0.816. The maximum absolute atomic E-state index is 13.4. The Hall–Kier alpha value is -1.02. The molecule has 0 aromatic heterocycles. The summed E-state index contributed by atoms with van der Waals surface area (Å²) in [7, 11) is -4.02. The number of sulfonamides is 1. The first-order valence-corrected chi connectivity index (χ1v) is 7.13. The van der Waals surface area contributed by atoms with Gasteiger partial charge >= 0.3 is 0 Å². The Morgan fingerprint density at radius 3 is 2.61 bits per heavy atom. The lowest BCUT2D eigenvalue weighted by atomic mass is 10.2. The topological polar surface area (TPSA) is 72.6 Å². The zero-order valence-corrected chi connectivity index (χ0v) is 10.6. The first kappa shape index (κ1) is 13.4. The van der Waals surface area contributed by atoms with Crippen molar-refractivity contribution in [3.63, 3.8) is 0 Å². The minimum atomic E-state index is -4.02. The lowest BCUT2D eigenvalue weighted by Gasteiger charge is -2.26. The van der Waals surface area contributed by atoms with Crippen LogP contribution in [0.5, 0.6) is 0 Å². The number of nitrogens with two attached hydrogens (primary N) is 1. The van der Waals surface area contributed by atoms with Gasteiger partial charge in [-0.05, 0) is 17.7 Å². The smallest absolute Gasteiger partial charge is 0.240 e. The van der Waals surface area contributed by atoms with Crippen LogP contribution in [0.25, 0.3) is 0 Å². The highest BCUT2D eigenvalue weighted by Crippen LogP contribution is 2.16. The molecule has 1 heterocycles. The second kappa shape index (κ2) is 5.31. The molecular formula is C11H15FN2O3S. The highest BCUT2D eigenvalue weighted by atomic mass is 32.2. The van der Waals surface area contributed by atoms with E-state index in [1.807, 2.05) is 0 Å². The van der Waals surface area contributed by atoms with Crippen molar-refractivity contribution >= 4 is 10.0 Å². The van der Waals surface area contributed by atoms with E-state index in [9.17, 15) is 12.8 Å². The normalized spacial score (nSPS) is 17.9. The number of benzene rings is 1. The van der Waals surface area contributed by atoms with Crippen LogP contribution < -0.4 is 5.14 Å². The molecule has 2 N–H and O–H groups in total. The first-order chi connectivity index (χ1) is 8.47. The van der Waals surface area contributed by atoms with E-state index in [1.54, 1.807) is 6.07 Å². The fourth-order valence-electron chi connectivity index (χ4n) is 1.88. The summed E-state index contributed by atoms with van der Waals surface area (Å²) < 4.78 is 41.0. The van der Waals surface area contributed by atoms with Gasteiger partial charge in [0.25, 0.3) is 0 Å². The fourth-order valence-corrected chi connectivity index (χ4v) is 2.54. The lowest BCUT2D eigenvalue weighted by molar-refractivity contribution is 0.0341. The zero-order chi connectivity index (χ0) is 13.2. The number of halogens is 1. The molecule has 2 rings (SSSR count). The summed E-state index contributed by atoms with van der Waals surface area (Å²) in [5.41, 5.74) is 0.724. The van der Waals surface area contributed by atoms with E-state index in [0.29, 0.717) is 19.8 Å². The number of hydrogen-bond donors (Lipinski definition) is 1. The van der Waals surface area contributed by atoms with Crippen LogP contribution in [-0.2, 0) is 21.3 Å². The molecule has 0 amide bonds. The Balaban J connectivity index is 2.19. The molecule has 0 aliphatic carbocycles. The molecule has 0 radical (unpaired) electrons. The molecule has 5 nitrogen and oxygen atoms in total. The summed E-state index contributed by atoms with van der Waals surface area (Å²) in [4.78, 5) is 1.66. The van der Waals surface area contributed by atoms with E-state index in [4.69, 9.17) is 9.88 Å². The Morgan fingerprint density at radius 1 is 1.33 bits per heavy atom. The molecule has 1 saturated heterocycles. The van der Waals surface area contributed by atoms with Crippen LogP contribution in [-0.4, -0.2) is 39.6 Å². The molecular weight excluding hydrogens is 259 g/mol. The second-order valence-corrected chi connectivity index (χ2v) is 5.73. The van der Waals surface area contributed by atoms with Crippen molar-refractivity contribution in [2.75, 3.05) is 26.3 Å². The van der Waals surface area contributed by atoms with Gasteiger partial charge in [-0.1, -0.05) is 6.07 Å². The van der Waals surface area contributed by atoms with Crippen LogP contribution in [0.1, 0.15) is 5.56 Å². The lowest BCUT2D eigenvalue weighted by Crippen LogP contribution is -2.35. The standard InChI is InChI=1S/C11H15FN2O3S/c12-10-2-1-9(7-11(10)18(13,15)16)8-14-3-5-17-6-4-14/h1-2,7H,3-6,8H2,(H2,13,15,16). The third kappa shape index (κ3) is 3.26. The van der Waals surface area contributed by atoms with Gasteiger partial charge in [0.15, 0.2) is 0 Å². The van der Waals surface area contributed by atoms with E-state index >= 15 is 0 Å². The van der Waals surface area contributed by atoms with Gasteiger partial charge in [0.2, 0.25) is 10.0 Å². The Bertz CT molecular complexity index is 527. The summed E-state index contributed by atoms with van der Waals surface area (Å²) in [6.07, 6.45) is 0. The van der Waals surface area contributed by atoms with Crippen molar-refractivity contribution in [2.45, 2.75) is 11.4 Å². The van der Waals surface area contributed by atoms with E-state index in [-0.39, 0.29) is 0 Å². The monoisotopic (exact) mass is 274 g/mol. The Morgan fingerprint density at radius 2 is 2.00 bits per heavy atom. The molecule has 0 saturated carbocycles. The molecule has 7 heteroatoms.